The lowest BCUT2D eigenvalue weighted by molar-refractivity contribution is 0.717. The van der Waals surface area contributed by atoms with Crippen molar-refractivity contribution in [3.05, 3.63) is 260 Å². The third-order valence-electron chi connectivity index (χ3n) is 15.0. The van der Waals surface area contributed by atoms with Crippen molar-refractivity contribution >= 4 is 105 Å². The predicted octanol–water partition coefficient (Wildman–Crippen LogP) is 19.5. The molecule has 0 fully saturated rings. The summed E-state index contributed by atoms with van der Waals surface area (Å²) >= 11 is 0. The number of hydrogen-bond donors (Lipinski definition) is 0. The van der Waals surface area contributed by atoms with Gasteiger partial charge in [-0.1, -0.05) is 201 Å². The van der Waals surface area contributed by atoms with Crippen LogP contribution in [0.1, 0.15) is 18.1 Å². The summed E-state index contributed by atoms with van der Waals surface area (Å²) in [6.07, 6.45) is 5.75. The number of rotatable bonds is 8. The van der Waals surface area contributed by atoms with E-state index in [1.165, 1.54) is 104 Å². The fraction of sp³-hybridized carbons (Fsp3) is 0.0435. The Bertz CT molecular complexity index is 4220. The molecule has 0 radical (unpaired) electrons. The van der Waals surface area contributed by atoms with Gasteiger partial charge in [0.15, 0.2) is 0 Å². The molecule has 1 aliphatic carbocycles. The number of fused-ring (bicyclic) bond motifs is 4. The molecule has 71 heavy (non-hydrogen) atoms. The minimum Gasteiger partial charge on any atom is -0.309 e. The molecule has 1 atom stereocenters. The maximum Gasteiger partial charge on any atom is 0.0547 e. The summed E-state index contributed by atoms with van der Waals surface area (Å²) in [5.74, 6) is 0.479. The van der Waals surface area contributed by atoms with E-state index in [2.05, 4.69) is 272 Å². The van der Waals surface area contributed by atoms with Crippen LogP contribution in [0.2, 0.25) is 0 Å². The molecule has 334 valence electrons. The van der Waals surface area contributed by atoms with Crippen LogP contribution in [0, 0.1) is 5.92 Å². The van der Waals surface area contributed by atoms with E-state index in [1.54, 1.807) is 0 Å². The highest BCUT2D eigenvalue weighted by atomic mass is 15.2. The zero-order valence-corrected chi connectivity index (χ0v) is 39.4. The van der Waals surface area contributed by atoms with E-state index in [9.17, 15) is 0 Å². The Kier molecular flexibility index (Phi) is 9.60. The summed E-state index contributed by atoms with van der Waals surface area (Å²) in [5, 5.41) is 14.7. The average molecular weight is 905 g/mol. The minimum atomic E-state index is 0.479. The third kappa shape index (κ3) is 6.78. The van der Waals surface area contributed by atoms with E-state index in [1.807, 2.05) is 0 Å². The number of nitrogens with zero attached hydrogens (tertiary/aromatic N) is 2. The number of anilines is 6. The summed E-state index contributed by atoms with van der Waals surface area (Å²) in [5.41, 5.74) is 14.3. The highest BCUT2D eigenvalue weighted by molar-refractivity contribution is 6.33. The summed E-state index contributed by atoms with van der Waals surface area (Å²) < 4.78 is 0. The second-order valence-electron chi connectivity index (χ2n) is 19.3. The monoisotopic (exact) mass is 904 g/mol. The molecular weight excluding hydrogens is 857 g/mol. The molecule has 1 unspecified atom stereocenters. The Balaban J connectivity index is 1.16. The maximum atomic E-state index is 2.53. The number of hydrogen-bond acceptors (Lipinski definition) is 2. The Morgan fingerprint density at radius 3 is 1.39 bits per heavy atom. The van der Waals surface area contributed by atoms with E-state index in [-0.39, 0.29) is 0 Å². The molecule has 2 heteroatoms. The first kappa shape index (κ1) is 41.0. The Hall–Kier alpha value is -8.98. The largest absolute Gasteiger partial charge is 0.309 e. The van der Waals surface area contributed by atoms with E-state index in [4.69, 9.17) is 0 Å². The molecule has 0 saturated heterocycles. The molecular formula is C69H48N2. The lowest BCUT2D eigenvalue weighted by Gasteiger charge is -2.32. The van der Waals surface area contributed by atoms with Crippen molar-refractivity contribution in [1.82, 2.24) is 0 Å². The van der Waals surface area contributed by atoms with Crippen LogP contribution < -0.4 is 9.80 Å². The SMILES string of the molecule is CC1C=Cc2c(cccc2N(c2ccccc2)c2cc(-c3ccc4ccccc4c3)c3ccc4c(N(c5ccccc5)c5cccc6ccccc56)cc(-c5ccc6ccccc6c5)c5ccc2c3c54)C1. The maximum absolute atomic E-state index is 2.53. The summed E-state index contributed by atoms with van der Waals surface area (Å²) in [6.45, 7) is 2.32. The number of allylic oxidation sites excluding steroid dienone is 1. The fourth-order valence-electron chi connectivity index (χ4n) is 11.7. The molecule has 0 amide bonds. The zero-order chi connectivity index (χ0) is 47.0. The van der Waals surface area contributed by atoms with Crippen LogP contribution in [0.4, 0.5) is 34.1 Å². The van der Waals surface area contributed by atoms with Crippen molar-refractivity contribution in [2.75, 3.05) is 9.80 Å². The van der Waals surface area contributed by atoms with Gasteiger partial charge in [-0.05, 0) is 139 Å². The van der Waals surface area contributed by atoms with Crippen LogP contribution in [-0.4, -0.2) is 0 Å². The second-order valence-corrected chi connectivity index (χ2v) is 19.3. The molecule has 0 saturated carbocycles. The Morgan fingerprint density at radius 1 is 0.338 bits per heavy atom. The topological polar surface area (TPSA) is 6.48 Å². The van der Waals surface area contributed by atoms with Gasteiger partial charge in [0.25, 0.3) is 0 Å². The van der Waals surface area contributed by atoms with E-state index in [0.29, 0.717) is 5.92 Å². The van der Waals surface area contributed by atoms with Gasteiger partial charge in [0, 0.05) is 43.9 Å². The Labute approximate surface area is 413 Å². The molecule has 13 aromatic carbocycles. The van der Waals surface area contributed by atoms with Crippen LogP contribution in [0.5, 0.6) is 0 Å². The van der Waals surface area contributed by atoms with Crippen LogP contribution in [0.15, 0.2) is 249 Å². The molecule has 0 N–H and O–H groups in total. The van der Waals surface area contributed by atoms with Crippen molar-refractivity contribution in [2.24, 2.45) is 5.92 Å². The van der Waals surface area contributed by atoms with Gasteiger partial charge in [-0.2, -0.15) is 0 Å². The normalized spacial score (nSPS) is 13.5. The predicted molar refractivity (Wildman–Crippen MR) is 305 cm³/mol. The lowest BCUT2D eigenvalue weighted by Crippen LogP contribution is -2.15. The van der Waals surface area contributed by atoms with E-state index >= 15 is 0 Å². The molecule has 0 spiro atoms. The minimum absolute atomic E-state index is 0.479. The standard InChI is InChI=1S/C69H48N2/c1-45-30-35-57-51(40-45)22-15-29-65(57)71(55-25-6-3-7-26-55)67-44-63(53-34-32-47-17-9-11-20-50(47)42-53)59-36-38-60-66(70(54-23-4-2-5-24-54)64-28-14-21-48-18-12-13-27-56(48)64)43-62(58-37-39-61(67)69(59)68(58)60)52-33-31-46-16-8-10-19-49(46)41-52/h2-39,41-45H,40H2,1H3. The second kappa shape index (κ2) is 16.6. The van der Waals surface area contributed by atoms with Crippen molar-refractivity contribution in [3.8, 4) is 22.3 Å². The van der Waals surface area contributed by atoms with Gasteiger partial charge in [-0.3, -0.25) is 0 Å². The van der Waals surface area contributed by atoms with Gasteiger partial charge in [-0.25, -0.2) is 0 Å². The van der Waals surface area contributed by atoms with E-state index < -0.39 is 0 Å². The molecule has 13 aromatic rings. The van der Waals surface area contributed by atoms with Gasteiger partial charge in [0.2, 0.25) is 0 Å². The average Bonchev–Trinajstić information content (AvgIpc) is 3.43. The lowest BCUT2D eigenvalue weighted by atomic mass is 9.84. The van der Waals surface area contributed by atoms with Crippen LogP contribution in [-0.2, 0) is 6.42 Å². The molecule has 1 aliphatic rings. The van der Waals surface area contributed by atoms with Crippen LogP contribution in [0.25, 0.3) is 93.0 Å². The van der Waals surface area contributed by atoms with E-state index in [0.717, 1.165) is 34.9 Å². The summed E-state index contributed by atoms with van der Waals surface area (Å²) in [4.78, 5) is 5.04. The van der Waals surface area contributed by atoms with Crippen molar-refractivity contribution in [2.45, 2.75) is 13.3 Å². The molecule has 0 aliphatic heterocycles. The quantitative estimate of drug-likeness (QED) is 0.140. The highest BCUT2D eigenvalue weighted by Gasteiger charge is 2.28. The fourth-order valence-corrected chi connectivity index (χ4v) is 11.7. The third-order valence-corrected chi connectivity index (χ3v) is 15.0. The van der Waals surface area contributed by atoms with Crippen molar-refractivity contribution in [3.63, 3.8) is 0 Å². The highest BCUT2D eigenvalue weighted by Crippen LogP contribution is 2.53. The summed E-state index contributed by atoms with van der Waals surface area (Å²) in [6, 6.07) is 90.3. The number of para-hydroxylation sites is 2. The van der Waals surface area contributed by atoms with Gasteiger partial charge in [0.1, 0.15) is 0 Å². The molecule has 2 nitrogen and oxygen atoms in total. The van der Waals surface area contributed by atoms with Crippen LogP contribution in [0.3, 0.4) is 0 Å². The van der Waals surface area contributed by atoms with Crippen LogP contribution >= 0.6 is 0 Å². The van der Waals surface area contributed by atoms with Gasteiger partial charge in [-0.15, -0.1) is 0 Å². The zero-order valence-electron chi connectivity index (χ0n) is 39.4. The first-order valence-electron chi connectivity index (χ1n) is 24.9. The molecule has 0 heterocycles. The smallest absolute Gasteiger partial charge is 0.0547 e. The molecule has 0 aromatic heterocycles. The first-order valence-corrected chi connectivity index (χ1v) is 24.9. The molecule has 14 rings (SSSR count). The van der Waals surface area contributed by atoms with Gasteiger partial charge < -0.3 is 9.80 Å². The van der Waals surface area contributed by atoms with Crippen molar-refractivity contribution in [1.29, 1.82) is 0 Å². The van der Waals surface area contributed by atoms with Gasteiger partial charge in [0.05, 0.1) is 22.7 Å². The first-order chi connectivity index (χ1) is 35.1. The van der Waals surface area contributed by atoms with Gasteiger partial charge >= 0.3 is 0 Å². The summed E-state index contributed by atoms with van der Waals surface area (Å²) in [7, 11) is 0. The van der Waals surface area contributed by atoms with Crippen molar-refractivity contribution < 1.29 is 0 Å². The Morgan fingerprint density at radius 2 is 0.803 bits per heavy atom. The molecule has 0 bridgehead atoms. The number of benzene rings is 13.